The Kier molecular flexibility index (Phi) is 8.76. The molecule has 0 spiro atoms. The molecule has 0 saturated carbocycles. The van der Waals surface area contributed by atoms with Crippen molar-refractivity contribution >= 4 is 34.9 Å². The number of anilines is 1. The molecule has 1 aromatic heterocycles. The highest BCUT2D eigenvalue weighted by molar-refractivity contribution is 6.31. The maximum absolute atomic E-state index is 13.5. The van der Waals surface area contributed by atoms with E-state index >= 15 is 0 Å². The first-order valence-electron chi connectivity index (χ1n) is 12.3. The fourth-order valence-corrected chi connectivity index (χ4v) is 4.47. The lowest BCUT2D eigenvalue weighted by Gasteiger charge is -2.20. The monoisotopic (exact) mass is 559 g/mol. The maximum Gasteiger partial charge on any atom is 0.335 e. The molecule has 1 amide bonds. The number of ether oxygens (including phenoxy) is 1. The molecule has 2 N–H and O–H groups in total. The van der Waals surface area contributed by atoms with Crippen LogP contribution in [0.1, 0.15) is 45.7 Å². The molecule has 1 heterocycles. The number of carbonyl (C=O) groups is 3. The first-order chi connectivity index (χ1) is 19.2. The number of rotatable bonds is 10. The second-order valence-corrected chi connectivity index (χ2v) is 9.44. The van der Waals surface area contributed by atoms with Crippen molar-refractivity contribution in [2.45, 2.75) is 25.8 Å². The number of carboxylic acid groups (broad SMARTS) is 1. The number of methoxy groups -OCH3 is 1. The van der Waals surface area contributed by atoms with Crippen LogP contribution in [0.3, 0.4) is 0 Å². The van der Waals surface area contributed by atoms with Gasteiger partial charge < -0.3 is 15.2 Å². The van der Waals surface area contributed by atoms with E-state index in [9.17, 15) is 19.2 Å². The Hall–Kier alpha value is -4.76. The molecule has 4 rings (SSSR count). The number of amides is 1. The van der Waals surface area contributed by atoms with E-state index in [-0.39, 0.29) is 29.2 Å². The van der Waals surface area contributed by atoms with E-state index in [0.717, 1.165) is 10.2 Å². The molecule has 204 valence electrons. The van der Waals surface area contributed by atoms with Crippen LogP contribution in [0.2, 0.25) is 5.02 Å². The van der Waals surface area contributed by atoms with Gasteiger partial charge in [0.15, 0.2) is 5.78 Å². The van der Waals surface area contributed by atoms with Crippen LogP contribution < -0.4 is 15.6 Å². The minimum atomic E-state index is -1.09. The van der Waals surface area contributed by atoms with Gasteiger partial charge in [-0.2, -0.15) is 0 Å². The molecule has 40 heavy (non-hydrogen) atoms. The SMILES string of the molecule is COc1nn([C@@H](CCc2ccccc2)C(=O)Nc2ccc(C(=O)O)cc2)c(=O)cc1-c1cc(Cl)ccc1C(C)=O. The van der Waals surface area contributed by atoms with Gasteiger partial charge in [0.25, 0.3) is 5.56 Å². The lowest BCUT2D eigenvalue weighted by atomic mass is 9.98. The lowest BCUT2D eigenvalue weighted by molar-refractivity contribution is -0.119. The van der Waals surface area contributed by atoms with Crippen molar-refractivity contribution in [3.63, 3.8) is 0 Å². The summed E-state index contributed by atoms with van der Waals surface area (Å²) < 4.78 is 6.56. The number of hydrogen-bond acceptors (Lipinski definition) is 6. The van der Waals surface area contributed by atoms with Gasteiger partial charge in [0.2, 0.25) is 11.8 Å². The molecule has 10 heteroatoms. The molecular weight excluding hydrogens is 534 g/mol. The molecule has 4 aromatic rings. The minimum Gasteiger partial charge on any atom is -0.480 e. The van der Waals surface area contributed by atoms with Crippen molar-refractivity contribution in [2.75, 3.05) is 12.4 Å². The topological polar surface area (TPSA) is 128 Å². The normalized spacial score (nSPS) is 11.5. The molecule has 3 aromatic carbocycles. The molecule has 0 unspecified atom stereocenters. The average Bonchev–Trinajstić information content (AvgIpc) is 2.94. The van der Waals surface area contributed by atoms with Crippen molar-refractivity contribution in [3.05, 3.63) is 111 Å². The Labute approximate surface area is 235 Å². The summed E-state index contributed by atoms with van der Waals surface area (Å²) in [5.41, 5.74) is 1.81. The summed E-state index contributed by atoms with van der Waals surface area (Å²) in [6, 6.07) is 20.1. The van der Waals surface area contributed by atoms with Gasteiger partial charge in [-0.05, 0) is 73.4 Å². The molecule has 1 atom stereocenters. The highest BCUT2D eigenvalue weighted by Gasteiger charge is 2.26. The van der Waals surface area contributed by atoms with Crippen LogP contribution in [0.15, 0.2) is 83.7 Å². The van der Waals surface area contributed by atoms with Gasteiger partial charge in [-0.3, -0.25) is 14.4 Å². The number of aromatic carboxylic acids is 1. The summed E-state index contributed by atoms with van der Waals surface area (Å²) >= 11 is 6.19. The number of halogens is 1. The molecule has 0 aliphatic rings. The first-order valence-corrected chi connectivity index (χ1v) is 12.7. The van der Waals surface area contributed by atoms with Crippen molar-refractivity contribution in [1.82, 2.24) is 9.78 Å². The largest absolute Gasteiger partial charge is 0.480 e. The second-order valence-electron chi connectivity index (χ2n) is 9.01. The molecule has 0 aliphatic heterocycles. The number of Topliss-reactive ketones (excluding diaryl/α,β-unsaturated/α-hetero) is 1. The quantitative estimate of drug-likeness (QED) is 0.253. The van der Waals surface area contributed by atoms with Gasteiger partial charge >= 0.3 is 5.97 Å². The Morgan fingerprint density at radius 2 is 1.70 bits per heavy atom. The molecule has 0 bridgehead atoms. The fraction of sp³-hybridized carbons (Fsp3) is 0.167. The van der Waals surface area contributed by atoms with E-state index in [1.54, 1.807) is 18.2 Å². The van der Waals surface area contributed by atoms with Gasteiger partial charge in [0, 0.05) is 22.3 Å². The zero-order chi connectivity index (χ0) is 28.8. The summed E-state index contributed by atoms with van der Waals surface area (Å²) in [6.07, 6.45) is 0.701. The molecule has 0 saturated heterocycles. The Morgan fingerprint density at radius 1 is 1.00 bits per heavy atom. The second kappa shape index (κ2) is 12.4. The summed E-state index contributed by atoms with van der Waals surface area (Å²) in [6.45, 7) is 1.40. The third-order valence-corrected chi connectivity index (χ3v) is 6.55. The lowest BCUT2D eigenvalue weighted by Crippen LogP contribution is -2.35. The minimum absolute atomic E-state index is 0.0349. The number of aromatic nitrogens is 2. The van der Waals surface area contributed by atoms with Crippen LogP contribution in [0.5, 0.6) is 5.88 Å². The van der Waals surface area contributed by atoms with Crippen molar-refractivity contribution in [3.8, 4) is 17.0 Å². The maximum atomic E-state index is 13.5. The highest BCUT2D eigenvalue weighted by Crippen LogP contribution is 2.32. The number of nitrogens with one attached hydrogen (secondary N) is 1. The fourth-order valence-electron chi connectivity index (χ4n) is 4.30. The summed E-state index contributed by atoms with van der Waals surface area (Å²) in [4.78, 5) is 50.4. The Bertz CT molecular complexity index is 1620. The van der Waals surface area contributed by atoms with Crippen molar-refractivity contribution < 1.29 is 24.2 Å². The van der Waals surface area contributed by atoms with Gasteiger partial charge in [-0.15, -0.1) is 5.10 Å². The number of nitrogens with zero attached hydrogens (tertiary/aromatic N) is 2. The summed E-state index contributed by atoms with van der Waals surface area (Å²) in [7, 11) is 1.38. The zero-order valence-corrected chi connectivity index (χ0v) is 22.5. The Balaban J connectivity index is 1.75. The van der Waals surface area contributed by atoms with Crippen molar-refractivity contribution in [1.29, 1.82) is 0 Å². The van der Waals surface area contributed by atoms with E-state index in [0.29, 0.717) is 28.3 Å². The number of aryl methyl sites for hydroxylation is 1. The molecular formula is C30H26ClN3O6. The first kappa shape index (κ1) is 28.3. The molecule has 0 aliphatic carbocycles. The van der Waals surface area contributed by atoms with Gasteiger partial charge in [-0.1, -0.05) is 41.9 Å². The molecule has 0 radical (unpaired) electrons. The number of carboxylic acids is 1. The van der Waals surface area contributed by atoms with Crippen molar-refractivity contribution in [2.24, 2.45) is 0 Å². The smallest absolute Gasteiger partial charge is 0.335 e. The van der Waals surface area contributed by atoms with E-state index in [1.165, 1.54) is 44.4 Å². The van der Waals surface area contributed by atoms with Crippen LogP contribution in [0.25, 0.3) is 11.1 Å². The van der Waals surface area contributed by atoms with Crippen LogP contribution in [-0.2, 0) is 11.2 Å². The molecule has 0 fully saturated rings. The molecule has 9 nitrogen and oxygen atoms in total. The predicted octanol–water partition coefficient (Wildman–Crippen LogP) is 5.29. The van der Waals surface area contributed by atoms with Gasteiger partial charge in [0.05, 0.1) is 18.2 Å². The highest BCUT2D eigenvalue weighted by atomic mass is 35.5. The van der Waals surface area contributed by atoms with Gasteiger partial charge in [-0.25, -0.2) is 9.48 Å². The standard InChI is InChI=1S/C30H26ClN3O6/c1-18(35)23-14-11-21(31)16-24(23)25-17-27(36)34(33-29(25)40-2)26(15-8-19-6-4-3-5-7-19)28(37)32-22-12-9-20(10-13-22)30(38)39/h3-7,9-14,16-17,26H,8,15H2,1-2H3,(H,32,37)(H,38,39)/t26-/m0/s1. The number of benzene rings is 3. The van der Waals surface area contributed by atoms with E-state index < -0.39 is 23.5 Å². The average molecular weight is 560 g/mol. The third-order valence-electron chi connectivity index (χ3n) is 6.31. The van der Waals surface area contributed by atoms with Crippen LogP contribution in [0, 0.1) is 0 Å². The summed E-state index contributed by atoms with van der Waals surface area (Å²) in [5.74, 6) is -1.80. The van der Waals surface area contributed by atoms with Crippen LogP contribution >= 0.6 is 11.6 Å². The number of hydrogen-bond donors (Lipinski definition) is 2. The van der Waals surface area contributed by atoms with Crippen LogP contribution in [0.4, 0.5) is 5.69 Å². The predicted molar refractivity (Wildman–Crippen MR) is 151 cm³/mol. The van der Waals surface area contributed by atoms with Gasteiger partial charge in [0.1, 0.15) is 6.04 Å². The summed E-state index contributed by atoms with van der Waals surface area (Å²) in [5, 5.41) is 16.7. The number of ketones is 1. The van der Waals surface area contributed by atoms with E-state index in [2.05, 4.69) is 10.4 Å². The Morgan fingerprint density at radius 3 is 2.33 bits per heavy atom. The van der Waals surface area contributed by atoms with Crippen LogP contribution in [-0.4, -0.2) is 39.7 Å². The van der Waals surface area contributed by atoms with E-state index in [1.807, 2.05) is 30.3 Å². The number of carbonyl (C=O) groups excluding carboxylic acids is 2. The third kappa shape index (κ3) is 6.44. The zero-order valence-electron chi connectivity index (χ0n) is 21.8. The van der Waals surface area contributed by atoms with E-state index in [4.69, 9.17) is 21.4 Å².